The predicted octanol–water partition coefficient (Wildman–Crippen LogP) is 0.857. The van der Waals surface area contributed by atoms with Gasteiger partial charge in [0.2, 0.25) is 0 Å². The summed E-state index contributed by atoms with van der Waals surface area (Å²) in [4.78, 5) is 0. The van der Waals surface area contributed by atoms with Crippen molar-refractivity contribution in [2.75, 3.05) is 6.54 Å². The van der Waals surface area contributed by atoms with Crippen LogP contribution in [0, 0.1) is 6.92 Å². The van der Waals surface area contributed by atoms with Crippen LogP contribution in [-0.4, -0.2) is 17.8 Å². The largest absolute Gasteiger partial charge is 0.391 e. The van der Waals surface area contributed by atoms with Gasteiger partial charge >= 0.3 is 0 Å². The van der Waals surface area contributed by atoms with Crippen molar-refractivity contribution < 1.29 is 5.11 Å². The Balaban J connectivity index is 2.69. The van der Waals surface area contributed by atoms with E-state index < -0.39 is 6.10 Å². The average molecular weight is 165 g/mol. The van der Waals surface area contributed by atoms with Gasteiger partial charge in [-0.05, 0) is 24.5 Å². The molecule has 0 bridgehead atoms. The van der Waals surface area contributed by atoms with E-state index in [1.54, 1.807) is 0 Å². The van der Waals surface area contributed by atoms with Crippen LogP contribution in [0.3, 0.4) is 0 Å². The molecule has 0 aliphatic carbocycles. The van der Waals surface area contributed by atoms with Crippen LogP contribution in [0.25, 0.3) is 0 Å². The van der Waals surface area contributed by atoms with Crippen molar-refractivity contribution >= 4 is 0 Å². The number of hydrogen-bond donors (Lipinski definition) is 2. The summed E-state index contributed by atoms with van der Waals surface area (Å²) in [5.74, 6) is 0. The Morgan fingerprint density at radius 1 is 1.42 bits per heavy atom. The van der Waals surface area contributed by atoms with E-state index in [1.807, 2.05) is 31.2 Å². The van der Waals surface area contributed by atoms with Crippen molar-refractivity contribution in [3.8, 4) is 0 Å². The van der Waals surface area contributed by atoms with Crippen LogP contribution >= 0.6 is 0 Å². The third-order valence-corrected chi connectivity index (χ3v) is 1.99. The lowest BCUT2D eigenvalue weighted by Crippen LogP contribution is -2.22. The molecule has 2 heteroatoms. The molecule has 0 spiro atoms. The number of rotatable bonds is 3. The molecular weight excluding hydrogens is 150 g/mol. The lowest BCUT2D eigenvalue weighted by atomic mass is 10.0. The van der Waals surface area contributed by atoms with Crippen LogP contribution < -0.4 is 5.73 Å². The second-order valence-corrected chi connectivity index (χ2v) is 3.02. The van der Waals surface area contributed by atoms with Crippen molar-refractivity contribution in [1.82, 2.24) is 0 Å². The molecule has 0 amide bonds. The molecule has 3 N–H and O–H groups in total. The molecule has 0 aromatic heterocycles. The van der Waals surface area contributed by atoms with Gasteiger partial charge in [-0.15, -0.1) is 0 Å². The first-order chi connectivity index (χ1) is 5.74. The zero-order valence-corrected chi connectivity index (χ0v) is 7.33. The molecule has 1 aromatic rings. The normalized spacial score (nSPS) is 12.9. The van der Waals surface area contributed by atoms with Gasteiger partial charge in [-0.25, -0.2) is 0 Å². The molecule has 0 aliphatic rings. The molecule has 1 atom stereocenters. The van der Waals surface area contributed by atoms with Crippen molar-refractivity contribution in [1.29, 1.82) is 0 Å². The molecule has 66 valence electrons. The van der Waals surface area contributed by atoms with E-state index >= 15 is 0 Å². The van der Waals surface area contributed by atoms with Gasteiger partial charge in [-0.1, -0.05) is 24.3 Å². The highest BCUT2D eigenvalue weighted by Gasteiger charge is 2.03. The summed E-state index contributed by atoms with van der Waals surface area (Å²) in [7, 11) is 0. The minimum Gasteiger partial charge on any atom is -0.391 e. The molecule has 1 rings (SSSR count). The molecule has 2 nitrogen and oxygen atoms in total. The van der Waals surface area contributed by atoms with Gasteiger partial charge in [0.25, 0.3) is 0 Å². The lowest BCUT2D eigenvalue weighted by molar-refractivity contribution is 0.183. The second-order valence-electron chi connectivity index (χ2n) is 3.02. The minimum absolute atomic E-state index is 0.328. The van der Waals surface area contributed by atoms with Gasteiger partial charge in [0.05, 0.1) is 6.10 Å². The van der Waals surface area contributed by atoms with Crippen LogP contribution in [0.2, 0.25) is 0 Å². The van der Waals surface area contributed by atoms with Crippen LogP contribution in [0.4, 0.5) is 0 Å². The average Bonchev–Trinajstić information content (AvgIpc) is 2.09. The molecule has 12 heavy (non-hydrogen) atoms. The summed E-state index contributed by atoms with van der Waals surface area (Å²) in [5, 5.41) is 9.31. The number of hydrogen-bond acceptors (Lipinski definition) is 2. The number of nitrogens with two attached hydrogens (primary N) is 1. The molecule has 0 radical (unpaired) electrons. The van der Waals surface area contributed by atoms with E-state index in [0.717, 1.165) is 0 Å². The highest BCUT2D eigenvalue weighted by molar-refractivity contribution is 5.26. The van der Waals surface area contributed by atoms with Gasteiger partial charge < -0.3 is 10.8 Å². The number of aliphatic hydroxyl groups excluding tert-OH is 1. The third kappa shape index (κ3) is 2.32. The summed E-state index contributed by atoms with van der Waals surface area (Å²) in [5.41, 5.74) is 7.71. The molecule has 0 aliphatic heterocycles. The molecule has 0 heterocycles. The van der Waals surface area contributed by atoms with Crippen LogP contribution in [0.1, 0.15) is 11.1 Å². The second kappa shape index (κ2) is 4.24. The molecule has 0 saturated carbocycles. The van der Waals surface area contributed by atoms with Gasteiger partial charge in [-0.2, -0.15) is 0 Å². The standard InChI is InChI=1S/C10H15NO/c1-8-4-2-3-5-9(8)6-10(12)7-11/h2-5,10,12H,6-7,11H2,1H3/t10-/m1/s1. The smallest absolute Gasteiger partial charge is 0.0702 e. The Labute approximate surface area is 73.0 Å². The maximum Gasteiger partial charge on any atom is 0.0702 e. The first-order valence-electron chi connectivity index (χ1n) is 4.16. The molecule has 0 fully saturated rings. The molecular formula is C10H15NO. The Kier molecular flexibility index (Phi) is 3.26. The molecule has 1 aromatic carbocycles. The summed E-state index contributed by atoms with van der Waals surface area (Å²) >= 11 is 0. The van der Waals surface area contributed by atoms with Crippen molar-refractivity contribution in [2.45, 2.75) is 19.4 Å². The van der Waals surface area contributed by atoms with Gasteiger partial charge in [0, 0.05) is 6.54 Å². The summed E-state index contributed by atoms with van der Waals surface area (Å²) in [6.45, 7) is 2.37. The first-order valence-corrected chi connectivity index (χ1v) is 4.16. The topological polar surface area (TPSA) is 46.2 Å². The Morgan fingerprint density at radius 2 is 2.08 bits per heavy atom. The minimum atomic E-state index is -0.411. The number of benzene rings is 1. The van der Waals surface area contributed by atoms with Crippen LogP contribution in [0.5, 0.6) is 0 Å². The third-order valence-electron chi connectivity index (χ3n) is 1.99. The predicted molar refractivity (Wildman–Crippen MR) is 49.9 cm³/mol. The van der Waals surface area contributed by atoms with E-state index in [1.165, 1.54) is 11.1 Å². The first kappa shape index (κ1) is 9.23. The SMILES string of the molecule is Cc1ccccc1C[C@@H](O)CN. The molecule has 0 unspecified atom stereocenters. The van der Waals surface area contributed by atoms with E-state index in [4.69, 9.17) is 5.73 Å². The highest BCUT2D eigenvalue weighted by Crippen LogP contribution is 2.08. The van der Waals surface area contributed by atoms with E-state index in [0.29, 0.717) is 13.0 Å². The summed E-state index contributed by atoms with van der Waals surface area (Å²) in [6, 6.07) is 8.03. The Morgan fingerprint density at radius 3 is 2.67 bits per heavy atom. The fraction of sp³-hybridized carbons (Fsp3) is 0.400. The highest BCUT2D eigenvalue weighted by atomic mass is 16.3. The van der Waals surface area contributed by atoms with E-state index in [2.05, 4.69) is 0 Å². The van der Waals surface area contributed by atoms with Crippen LogP contribution in [-0.2, 0) is 6.42 Å². The number of aryl methyl sites for hydroxylation is 1. The fourth-order valence-corrected chi connectivity index (χ4v) is 1.18. The summed E-state index contributed by atoms with van der Waals surface area (Å²) in [6.07, 6.45) is 0.245. The maximum atomic E-state index is 9.31. The van der Waals surface area contributed by atoms with Gasteiger partial charge in [0.15, 0.2) is 0 Å². The Hall–Kier alpha value is -0.860. The zero-order chi connectivity index (χ0) is 8.97. The van der Waals surface area contributed by atoms with E-state index in [-0.39, 0.29) is 0 Å². The molecule has 0 saturated heterocycles. The van der Waals surface area contributed by atoms with Gasteiger partial charge in [0.1, 0.15) is 0 Å². The summed E-state index contributed by atoms with van der Waals surface area (Å²) < 4.78 is 0. The quantitative estimate of drug-likeness (QED) is 0.697. The van der Waals surface area contributed by atoms with Gasteiger partial charge in [-0.3, -0.25) is 0 Å². The van der Waals surface area contributed by atoms with Crippen molar-refractivity contribution in [3.63, 3.8) is 0 Å². The van der Waals surface area contributed by atoms with Crippen LogP contribution in [0.15, 0.2) is 24.3 Å². The zero-order valence-electron chi connectivity index (χ0n) is 7.33. The Bertz CT molecular complexity index is 247. The monoisotopic (exact) mass is 165 g/mol. The van der Waals surface area contributed by atoms with Crippen molar-refractivity contribution in [2.24, 2.45) is 5.73 Å². The fourth-order valence-electron chi connectivity index (χ4n) is 1.18. The number of aliphatic hydroxyl groups is 1. The van der Waals surface area contributed by atoms with E-state index in [9.17, 15) is 5.11 Å². The lowest BCUT2D eigenvalue weighted by Gasteiger charge is -2.09. The van der Waals surface area contributed by atoms with Crippen molar-refractivity contribution in [3.05, 3.63) is 35.4 Å². The maximum absolute atomic E-state index is 9.31.